The van der Waals surface area contributed by atoms with Crippen molar-refractivity contribution in [3.8, 4) is 17.1 Å². The highest BCUT2D eigenvalue weighted by Crippen LogP contribution is 2.24. The first-order valence-corrected chi connectivity index (χ1v) is 7.04. The Morgan fingerprint density at radius 2 is 1.82 bits per heavy atom. The summed E-state index contributed by atoms with van der Waals surface area (Å²) in [4.78, 5) is 20.0. The summed E-state index contributed by atoms with van der Waals surface area (Å²) in [5, 5.41) is 0.613. The molecule has 0 bridgehead atoms. The summed E-state index contributed by atoms with van der Waals surface area (Å²) in [6.07, 6.45) is 3.55. The minimum absolute atomic E-state index is 0.0279. The Kier molecular flexibility index (Phi) is 2.86. The first-order chi connectivity index (χ1) is 10.8. The average Bonchev–Trinajstić information content (AvgIpc) is 3.10. The van der Waals surface area contributed by atoms with Gasteiger partial charge >= 0.3 is 0 Å². The van der Waals surface area contributed by atoms with Gasteiger partial charge in [-0.15, -0.1) is 0 Å². The zero-order valence-electron chi connectivity index (χ0n) is 11.7. The molecule has 0 aliphatic heterocycles. The lowest BCUT2D eigenvalue weighted by atomic mass is 10.2. The number of hydrogen-bond donors (Lipinski definition) is 1. The first-order valence-electron chi connectivity index (χ1n) is 7.04. The van der Waals surface area contributed by atoms with E-state index in [2.05, 4.69) is 9.97 Å². The maximum absolute atomic E-state index is 12.4. The van der Waals surface area contributed by atoms with E-state index in [1.54, 1.807) is 18.3 Å². The topological polar surface area (TPSA) is 50.7 Å². The third-order valence-electron chi connectivity index (χ3n) is 3.66. The van der Waals surface area contributed by atoms with Crippen LogP contribution in [0.4, 0.5) is 0 Å². The Bertz CT molecular complexity index is 986. The summed E-state index contributed by atoms with van der Waals surface area (Å²) >= 11 is 0. The molecular weight excluding hydrogens is 274 g/mol. The first kappa shape index (κ1) is 12.6. The predicted octanol–water partition coefficient (Wildman–Crippen LogP) is 3.38. The molecule has 106 valence electrons. The molecule has 22 heavy (non-hydrogen) atoms. The smallest absolute Gasteiger partial charge is 0.191 e. The molecule has 0 spiro atoms. The van der Waals surface area contributed by atoms with E-state index >= 15 is 0 Å². The molecule has 0 aliphatic carbocycles. The summed E-state index contributed by atoms with van der Waals surface area (Å²) in [5.41, 5.74) is 3.28. The third-order valence-corrected chi connectivity index (χ3v) is 3.66. The van der Waals surface area contributed by atoms with E-state index in [0.717, 1.165) is 17.1 Å². The molecule has 0 aliphatic rings. The van der Waals surface area contributed by atoms with Crippen molar-refractivity contribution in [1.29, 1.82) is 0 Å². The fourth-order valence-electron chi connectivity index (χ4n) is 2.67. The normalized spacial score (nSPS) is 10.9. The van der Waals surface area contributed by atoms with E-state index in [4.69, 9.17) is 0 Å². The highest BCUT2D eigenvalue weighted by Gasteiger charge is 2.13. The molecule has 0 radical (unpaired) electrons. The highest BCUT2D eigenvalue weighted by atomic mass is 16.1. The van der Waals surface area contributed by atoms with E-state index in [1.807, 2.05) is 59.3 Å². The van der Waals surface area contributed by atoms with Crippen LogP contribution in [0.25, 0.3) is 28.1 Å². The van der Waals surface area contributed by atoms with Gasteiger partial charge in [0.1, 0.15) is 5.65 Å². The molecule has 4 heteroatoms. The molecular formula is C18H13N3O. The molecule has 3 aromatic heterocycles. The van der Waals surface area contributed by atoms with Crippen LogP contribution in [0, 0.1) is 0 Å². The predicted molar refractivity (Wildman–Crippen MR) is 87.1 cm³/mol. The zero-order valence-corrected chi connectivity index (χ0v) is 11.7. The average molecular weight is 287 g/mol. The Morgan fingerprint density at radius 1 is 0.955 bits per heavy atom. The van der Waals surface area contributed by atoms with E-state index in [9.17, 15) is 4.79 Å². The van der Waals surface area contributed by atoms with Gasteiger partial charge in [0, 0.05) is 24.1 Å². The minimum atomic E-state index is -0.0279. The number of benzene rings is 1. The number of aromatic nitrogens is 3. The van der Waals surface area contributed by atoms with Crippen LogP contribution >= 0.6 is 0 Å². The summed E-state index contributed by atoms with van der Waals surface area (Å²) < 4.78 is 2.00. The molecule has 1 N–H and O–H groups in total. The van der Waals surface area contributed by atoms with Gasteiger partial charge in [-0.05, 0) is 36.4 Å². The number of fused-ring (bicyclic) bond motifs is 1. The maximum Gasteiger partial charge on any atom is 0.191 e. The third kappa shape index (κ3) is 1.93. The van der Waals surface area contributed by atoms with Crippen molar-refractivity contribution < 1.29 is 0 Å². The van der Waals surface area contributed by atoms with Crippen molar-refractivity contribution in [2.75, 3.05) is 0 Å². The van der Waals surface area contributed by atoms with Gasteiger partial charge in [-0.3, -0.25) is 9.36 Å². The largest absolute Gasteiger partial charge is 0.360 e. The summed E-state index contributed by atoms with van der Waals surface area (Å²) in [5.74, 6) is 0. The number of pyridine rings is 2. The van der Waals surface area contributed by atoms with Crippen molar-refractivity contribution in [1.82, 2.24) is 14.5 Å². The molecule has 3 heterocycles. The molecule has 0 saturated carbocycles. The van der Waals surface area contributed by atoms with Crippen LogP contribution < -0.4 is 5.43 Å². The van der Waals surface area contributed by atoms with Gasteiger partial charge in [-0.25, -0.2) is 4.98 Å². The van der Waals surface area contributed by atoms with Gasteiger partial charge in [0.2, 0.25) is 0 Å². The number of para-hydroxylation sites is 1. The Balaban J connectivity index is 2.18. The molecule has 4 nitrogen and oxygen atoms in total. The van der Waals surface area contributed by atoms with Gasteiger partial charge in [-0.1, -0.05) is 18.2 Å². The van der Waals surface area contributed by atoms with E-state index in [-0.39, 0.29) is 5.43 Å². The quantitative estimate of drug-likeness (QED) is 0.614. The summed E-state index contributed by atoms with van der Waals surface area (Å²) in [7, 11) is 0. The number of nitrogens with one attached hydrogen (secondary N) is 1. The summed E-state index contributed by atoms with van der Waals surface area (Å²) in [6.45, 7) is 0. The maximum atomic E-state index is 12.4. The van der Waals surface area contributed by atoms with E-state index in [1.165, 1.54) is 0 Å². The van der Waals surface area contributed by atoms with Crippen molar-refractivity contribution in [2.45, 2.75) is 0 Å². The van der Waals surface area contributed by atoms with Crippen LogP contribution in [0.15, 0.2) is 77.9 Å². The van der Waals surface area contributed by atoms with Crippen LogP contribution in [0.1, 0.15) is 0 Å². The van der Waals surface area contributed by atoms with Crippen LogP contribution in [0.2, 0.25) is 0 Å². The Morgan fingerprint density at radius 3 is 2.59 bits per heavy atom. The van der Waals surface area contributed by atoms with Gasteiger partial charge < -0.3 is 4.98 Å². The van der Waals surface area contributed by atoms with Crippen LogP contribution in [-0.4, -0.2) is 14.5 Å². The fraction of sp³-hybridized carbons (Fsp3) is 0. The zero-order chi connectivity index (χ0) is 14.9. The second-order valence-electron chi connectivity index (χ2n) is 5.02. The van der Waals surface area contributed by atoms with Crippen molar-refractivity contribution in [3.63, 3.8) is 0 Å². The highest BCUT2D eigenvalue weighted by molar-refractivity contribution is 5.80. The van der Waals surface area contributed by atoms with Crippen LogP contribution in [0.3, 0.4) is 0 Å². The van der Waals surface area contributed by atoms with Crippen molar-refractivity contribution >= 4 is 11.0 Å². The standard InChI is InChI=1S/C18H13N3O/c22-17-12-16(15-9-5-10-19-15)21(13-6-2-1-3-7-13)18-14(17)8-4-11-20-18/h1-12,19H. The second-order valence-corrected chi connectivity index (χ2v) is 5.02. The SMILES string of the molecule is O=c1cc(-c2ccc[nH]2)n(-c2ccccc2)c2ncccc12. The number of rotatable bonds is 2. The molecule has 0 saturated heterocycles. The van der Waals surface area contributed by atoms with Gasteiger partial charge in [0.05, 0.1) is 16.8 Å². The molecule has 0 unspecified atom stereocenters. The Hall–Kier alpha value is -3.14. The van der Waals surface area contributed by atoms with Crippen molar-refractivity contribution in [3.05, 3.63) is 83.3 Å². The number of H-pyrrole nitrogens is 1. The minimum Gasteiger partial charge on any atom is -0.360 e. The van der Waals surface area contributed by atoms with Crippen LogP contribution in [-0.2, 0) is 0 Å². The lowest BCUT2D eigenvalue weighted by molar-refractivity contribution is 1.06. The lowest BCUT2D eigenvalue weighted by Crippen LogP contribution is -2.11. The van der Waals surface area contributed by atoms with Gasteiger partial charge in [0.25, 0.3) is 0 Å². The Labute approximate surface area is 126 Å². The number of nitrogens with zero attached hydrogens (tertiary/aromatic N) is 2. The van der Waals surface area contributed by atoms with Gasteiger partial charge in [0.15, 0.2) is 5.43 Å². The molecule has 0 amide bonds. The fourth-order valence-corrected chi connectivity index (χ4v) is 2.67. The van der Waals surface area contributed by atoms with Crippen LogP contribution in [0.5, 0.6) is 0 Å². The van der Waals surface area contributed by atoms with E-state index < -0.39 is 0 Å². The number of hydrogen-bond acceptors (Lipinski definition) is 2. The monoisotopic (exact) mass is 287 g/mol. The van der Waals surface area contributed by atoms with Gasteiger partial charge in [-0.2, -0.15) is 0 Å². The summed E-state index contributed by atoms with van der Waals surface area (Å²) in [6, 6.07) is 19.0. The lowest BCUT2D eigenvalue weighted by Gasteiger charge is -2.15. The number of aromatic amines is 1. The van der Waals surface area contributed by atoms with E-state index in [0.29, 0.717) is 11.0 Å². The molecule has 1 aromatic carbocycles. The molecule has 4 aromatic rings. The second kappa shape index (κ2) is 5.00. The molecule has 0 atom stereocenters. The van der Waals surface area contributed by atoms with Crippen molar-refractivity contribution in [2.24, 2.45) is 0 Å². The molecule has 4 rings (SSSR count). The molecule has 0 fully saturated rings.